The molecule has 1 aliphatic rings. The van der Waals surface area contributed by atoms with E-state index in [9.17, 15) is 0 Å². The van der Waals surface area contributed by atoms with Gasteiger partial charge in [-0.25, -0.2) is 0 Å². The van der Waals surface area contributed by atoms with Crippen LogP contribution in [-0.4, -0.2) is 22.7 Å². The molecule has 0 amide bonds. The van der Waals surface area contributed by atoms with E-state index in [0.717, 1.165) is 13.0 Å². The Hall–Kier alpha value is -0.930. The highest BCUT2D eigenvalue weighted by molar-refractivity contribution is 5.18. The average molecular weight is 262 g/mol. The van der Waals surface area contributed by atoms with Gasteiger partial charge >= 0.3 is 0 Å². The number of nitrogens with one attached hydrogen (secondary N) is 1. The van der Waals surface area contributed by atoms with Crippen molar-refractivity contribution < 1.29 is 4.74 Å². The Morgan fingerprint density at radius 3 is 2.63 bits per heavy atom. The molecule has 2 unspecified atom stereocenters. The first-order valence-corrected chi connectivity index (χ1v) is 7.19. The summed E-state index contributed by atoms with van der Waals surface area (Å²) < 4.78 is 6.24. The molecule has 1 aromatic rings. The molecule has 2 heterocycles. The lowest BCUT2D eigenvalue weighted by Crippen LogP contribution is -2.38. The minimum atomic E-state index is -0.119. The van der Waals surface area contributed by atoms with Crippen LogP contribution in [0.4, 0.5) is 0 Å². The highest BCUT2D eigenvalue weighted by atomic mass is 16.5. The number of nitrogens with zero attached hydrogens (tertiary/aromatic N) is 1. The summed E-state index contributed by atoms with van der Waals surface area (Å²) in [5.74, 6) is 0.451. The quantitative estimate of drug-likeness (QED) is 0.903. The van der Waals surface area contributed by atoms with Crippen molar-refractivity contribution in [3.63, 3.8) is 0 Å². The summed E-state index contributed by atoms with van der Waals surface area (Å²) in [7, 11) is 0. The van der Waals surface area contributed by atoms with Crippen molar-refractivity contribution in [2.24, 2.45) is 5.92 Å². The highest BCUT2D eigenvalue weighted by Crippen LogP contribution is 2.47. The van der Waals surface area contributed by atoms with Crippen LogP contribution in [0, 0.1) is 5.92 Å². The van der Waals surface area contributed by atoms with Crippen LogP contribution >= 0.6 is 0 Å². The molecule has 0 radical (unpaired) electrons. The van der Waals surface area contributed by atoms with Crippen molar-refractivity contribution in [2.75, 3.05) is 6.54 Å². The first-order chi connectivity index (χ1) is 8.86. The number of hydrogen-bond donors (Lipinski definition) is 1. The van der Waals surface area contributed by atoms with Gasteiger partial charge in [-0.15, -0.1) is 0 Å². The van der Waals surface area contributed by atoms with Crippen LogP contribution in [0.15, 0.2) is 24.5 Å². The molecule has 1 aromatic heterocycles. The Kier molecular flexibility index (Phi) is 3.98. The van der Waals surface area contributed by atoms with Crippen molar-refractivity contribution in [2.45, 2.75) is 58.3 Å². The summed E-state index contributed by atoms with van der Waals surface area (Å²) >= 11 is 0. The third-order valence-electron chi connectivity index (χ3n) is 4.01. The lowest BCUT2D eigenvalue weighted by atomic mass is 9.79. The van der Waals surface area contributed by atoms with E-state index < -0.39 is 0 Å². The fourth-order valence-electron chi connectivity index (χ4n) is 3.40. The van der Waals surface area contributed by atoms with Crippen LogP contribution in [-0.2, 0) is 4.74 Å². The fraction of sp³-hybridized carbons (Fsp3) is 0.688. The molecule has 0 aliphatic carbocycles. The third kappa shape index (κ3) is 3.15. The number of pyridine rings is 1. The Morgan fingerprint density at radius 1 is 1.42 bits per heavy atom. The average Bonchev–Trinajstić information content (AvgIpc) is 2.55. The maximum Gasteiger partial charge on any atom is 0.0681 e. The number of aromatic nitrogens is 1. The van der Waals surface area contributed by atoms with E-state index in [1.807, 2.05) is 18.5 Å². The molecule has 1 N–H and O–H groups in total. The lowest BCUT2D eigenvalue weighted by Gasteiger charge is -2.33. The van der Waals surface area contributed by atoms with Gasteiger partial charge in [-0.2, -0.15) is 0 Å². The maximum absolute atomic E-state index is 6.24. The van der Waals surface area contributed by atoms with Crippen molar-refractivity contribution in [3.8, 4) is 0 Å². The molecule has 2 atom stereocenters. The van der Waals surface area contributed by atoms with E-state index in [4.69, 9.17) is 4.74 Å². The zero-order chi connectivity index (χ0) is 14.1. The zero-order valence-corrected chi connectivity index (χ0v) is 12.7. The predicted octanol–water partition coefficient (Wildman–Crippen LogP) is 3.33. The SMILES string of the molecule is CCNC(c1cccnc1)C1CC(C)(C)OC1(C)C. The largest absolute Gasteiger partial charge is 0.369 e. The highest BCUT2D eigenvalue weighted by Gasteiger charge is 2.49. The zero-order valence-electron chi connectivity index (χ0n) is 12.7. The van der Waals surface area contributed by atoms with E-state index in [1.165, 1.54) is 5.56 Å². The second-order valence-corrected chi connectivity index (χ2v) is 6.60. The van der Waals surface area contributed by atoms with Crippen LogP contribution in [0.2, 0.25) is 0 Å². The Morgan fingerprint density at radius 2 is 2.16 bits per heavy atom. The van der Waals surface area contributed by atoms with E-state index in [0.29, 0.717) is 12.0 Å². The van der Waals surface area contributed by atoms with Gasteiger partial charge in [-0.05, 0) is 52.3 Å². The van der Waals surface area contributed by atoms with E-state index in [1.54, 1.807) is 0 Å². The topological polar surface area (TPSA) is 34.2 Å². The summed E-state index contributed by atoms with van der Waals surface area (Å²) in [5, 5.41) is 3.61. The Balaban J connectivity index is 2.30. The number of hydrogen-bond acceptors (Lipinski definition) is 3. The summed E-state index contributed by atoms with van der Waals surface area (Å²) in [5.41, 5.74) is 1.08. The van der Waals surface area contributed by atoms with Crippen molar-refractivity contribution in [1.82, 2.24) is 10.3 Å². The molecule has 2 rings (SSSR count). The predicted molar refractivity (Wildman–Crippen MR) is 78.0 cm³/mol. The Bertz CT molecular complexity index is 414. The molecular formula is C16H26N2O. The Labute approximate surface area is 116 Å². The summed E-state index contributed by atoms with van der Waals surface area (Å²) in [4.78, 5) is 4.26. The van der Waals surface area contributed by atoms with Crippen LogP contribution in [0.3, 0.4) is 0 Å². The van der Waals surface area contributed by atoms with Gasteiger partial charge < -0.3 is 10.1 Å². The van der Waals surface area contributed by atoms with Gasteiger partial charge in [0.25, 0.3) is 0 Å². The van der Waals surface area contributed by atoms with Crippen molar-refractivity contribution in [3.05, 3.63) is 30.1 Å². The monoisotopic (exact) mass is 262 g/mol. The van der Waals surface area contributed by atoms with Crippen LogP contribution in [0.1, 0.15) is 52.6 Å². The maximum atomic E-state index is 6.24. The van der Waals surface area contributed by atoms with Crippen molar-refractivity contribution >= 4 is 0 Å². The fourth-order valence-corrected chi connectivity index (χ4v) is 3.40. The first-order valence-electron chi connectivity index (χ1n) is 7.19. The third-order valence-corrected chi connectivity index (χ3v) is 4.01. The van der Waals surface area contributed by atoms with Gasteiger partial charge in [-0.3, -0.25) is 4.98 Å². The second-order valence-electron chi connectivity index (χ2n) is 6.60. The molecule has 19 heavy (non-hydrogen) atoms. The molecule has 1 fully saturated rings. The minimum Gasteiger partial charge on any atom is -0.369 e. The molecule has 0 saturated carbocycles. The molecule has 106 valence electrons. The minimum absolute atomic E-state index is 0.0515. The van der Waals surface area contributed by atoms with Crippen LogP contribution in [0.25, 0.3) is 0 Å². The molecule has 0 spiro atoms. The van der Waals surface area contributed by atoms with Gasteiger partial charge in [0, 0.05) is 24.4 Å². The van der Waals surface area contributed by atoms with Gasteiger partial charge in [-0.1, -0.05) is 13.0 Å². The van der Waals surface area contributed by atoms with E-state index >= 15 is 0 Å². The smallest absolute Gasteiger partial charge is 0.0681 e. The summed E-state index contributed by atoms with van der Waals surface area (Å²) in [6, 6.07) is 4.46. The van der Waals surface area contributed by atoms with Crippen LogP contribution < -0.4 is 5.32 Å². The van der Waals surface area contributed by atoms with Gasteiger partial charge in [0.2, 0.25) is 0 Å². The molecule has 0 aromatic carbocycles. The summed E-state index contributed by atoms with van der Waals surface area (Å²) in [6.07, 6.45) is 4.86. The normalized spacial score (nSPS) is 26.3. The summed E-state index contributed by atoms with van der Waals surface area (Å²) in [6.45, 7) is 11.9. The molecule has 0 bridgehead atoms. The second kappa shape index (κ2) is 5.22. The van der Waals surface area contributed by atoms with Crippen molar-refractivity contribution in [1.29, 1.82) is 0 Å². The van der Waals surface area contributed by atoms with E-state index in [2.05, 4.69) is 51.0 Å². The number of rotatable bonds is 4. The molecule has 3 heteroatoms. The van der Waals surface area contributed by atoms with Crippen LogP contribution in [0.5, 0.6) is 0 Å². The van der Waals surface area contributed by atoms with Gasteiger partial charge in [0.05, 0.1) is 11.2 Å². The molecule has 3 nitrogen and oxygen atoms in total. The van der Waals surface area contributed by atoms with Gasteiger partial charge in [0.15, 0.2) is 0 Å². The molecule has 1 saturated heterocycles. The molecular weight excluding hydrogens is 236 g/mol. The number of ether oxygens (including phenoxy) is 1. The lowest BCUT2D eigenvalue weighted by molar-refractivity contribution is -0.0778. The molecule has 1 aliphatic heterocycles. The van der Waals surface area contributed by atoms with E-state index in [-0.39, 0.29) is 11.2 Å². The first kappa shape index (κ1) is 14.5. The standard InChI is InChI=1S/C16H26N2O/c1-6-18-14(12-8-7-9-17-11-12)13-10-15(2,3)19-16(13,4)5/h7-9,11,13-14,18H,6,10H2,1-5H3. The van der Waals surface area contributed by atoms with Gasteiger partial charge in [0.1, 0.15) is 0 Å².